The Morgan fingerprint density at radius 3 is 2.81 bits per heavy atom. The van der Waals surface area contributed by atoms with Gasteiger partial charge < -0.3 is 4.74 Å². The number of hydrazone groups is 1. The number of halogens is 3. The number of nitrogens with one attached hydrogen (secondary N) is 1. The summed E-state index contributed by atoms with van der Waals surface area (Å²) < 4.78 is 42.7. The molecule has 1 aliphatic rings. The Morgan fingerprint density at radius 1 is 1.48 bits per heavy atom. The lowest BCUT2D eigenvalue weighted by Crippen LogP contribution is -2.07. The van der Waals surface area contributed by atoms with E-state index in [9.17, 15) is 23.3 Å². The molecule has 9 heteroatoms. The smallest absolute Gasteiger partial charge is 0.381 e. The van der Waals surface area contributed by atoms with Crippen molar-refractivity contribution in [1.29, 1.82) is 0 Å². The highest BCUT2D eigenvalue weighted by molar-refractivity contribution is 5.67. The molecule has 6 nitrogen and oxygen atoms in total. The molecule has 0 bridgehead atoms. The molecule has 0 aliphatic carbocycles. The standard InChI is InChI=1S/C12H12F3N3O3/c13-12(14,15)9-1-2-10(11(5-9)18(19)20)17-16-6-8-3-4-21-7-8/h1-2,5-6,8,17H,3-4,7H2. The van der Waals surface area contributed by atoms with Gasteiger partial charge in [0.05, 0.1) is 17.1 Å². The largest absolute Gasteiger partial charge is 0.416 e. The first-order chi connectivity index (χ1) is 9.88. The Hall–Kier alpha value is -2.16. The number of hydrogen-bond donors (Lipinski definition) is 1. The van der Waals surface area contributed by atoms with Crippen molar-refractivity contribution < 1.29 is 22.8 Å². The summed E-state index contributed by atoms with van der Waals surface area (Å²) >= 11 is 0. The molecule has 1 N–H and O–H groups in total. The predicted molar refractivity (Wildman–Crippen MR) is 69.1 cm³/mol. The molecule has 1 aromatic rings. The van der Waals surface area contributed by atoms with Crippen molar-refractivity contribution in [2.75, 3.05) is 18.6 Å². The first-order valence-electron chi connectivity index (χ1n) is 6.10. The van der Waals surface area contributed by atoms with Crippen molar-refractivity contribution >= 4 is 17.6 Å². The third-order valence-electron chi connectivity index (χ3n) is 2.96. The maximum absolute atomic E-state index is 12.5. The number of hydrogen-bond acceptors (Lipinski definition) is 5. The minimum Gasteiger partial charge on any atom is -0.381 e. The third-order valence-corrected chi connectivity index (χ3v) is 2.96. The molecular formula is C12H12F3N3O3. The Kier molecular flexibility index (Phi) is 4.41. The Labute approximate surface area is 117 Å². The van der Waals surface area contributed by atoms with Crippen LogP contribution in [0.2, 0.25) is 0 Å². The molecule has 2 rings (SSSR count). The van der Waals surface area contributed by atoms with Gasteiger partial charge in [0, 0.05) is 24.8 Å². The maximum Gasteiger partial charge on any atom is 0.416 e. The Morgan fingerprint density at radius 2 is 2.24 bits per heavy atom. The minimum absolute atomic E-state index is 0.0943. The molecule has 0 amide bonds. The number of nitrogens with zero attached hydrogens (tertiary/aromatic N) is 2. The second-order valence-electron chi connectivity index (χ2n) is 4.50. The number of anilines is 1. The van der Waals surface area contributed by atoms with Crippen LogP contribution in [0.5, 0.6) is 0 Å². The highest BCUT2D eigenvalue weighted by Crippen LogP contribution is 2.34. The summed E-state index contributed by atoms with van der Waals surface area (Å²) in [5, 5.41) is 14.7. The van der Waals surface area contributed by atoms with Gasteiger partial charge in [-0.25, -0.2) is 0 Å². The highest BCUT2D eigenvalue weighted by Gasteiger charge is 2.33. The number of nitro benzene ring substituents is 1. The highest BCUT2D eigenvalue weighted by atomic mass is 19.4. The van der Waals surface area contributed by atoms with Gasteiger partial charge in [-0.1, -0.05) is 0 Å². The number of nitro groups is 1. The van der Waals surface area contributed by atoms with Crippen molar-refractivity contribution in [3.8, 4) is 0 Å². The van der Waals surface area contributed by atoms with Gasteiger partial charge in [0.2, 0.25) is 0 Å². The number of ether oxygens (including phenoxy) is 1. The second kappa shape index (κ2) is 6.08. The van der Waals surface area contributed by atoms with Gasteiger partial charge in [-0.3, -0.25) is 15.5 Å². The summed E-state index contributed by atoms with van der Waals surface area (Å²) in [6.07, 6.45) is -2.30. The van der Waals surface area contributed by atoms with Gasteiger partial charge in [-0.15, -0.1) is 0 Å². The number of benzene rings is 1. The van der Waals surface area contributed by atoms with Crippen LogP contribution in [0.25, 0.3) is 0 Å². The summed E-state index contributed by atoms with van der Waals surface area (Å²) in [7, 11) is 0. The zero-order valence-corrected chi connectivity index (χ0v) is 10.8. The normalized spacial score (nSPS) is 19.1. The van der Waals surface area contributed by atoms with Gasteiger partial charge in [0.15, 0.2) is 0 Å². The van der Waals surface area contributed by atoms with E-state index in [-0.39, 0.29) is 11.6 Å². The van der Waals surface area contributed by atoms with E-state index < -0.39 is 22.4 Å². The average molecular weight is 303 g/mol. The van der Waals surface area contributed by atoms with Crippen molar-refractivity contribution in [3.05, 3.63) is 33.9 Å². The Bertz CT molecular complexity index is 554. The van der Waals surface area contributed by atoms with Crippen LogP contribution >= 0.6 is 0 Å². The molecule has 1 fully saturated rings. The molecule has 114 valence electrons. The molecule has 1 aliphatic heterocycles. The fourth-order valence-electron chi connectivity index (χ4n) is 1.84. The van der Waals surface area contributed by atoms with Crippen molar-refractivity contribution in [1.82, 2.24) is 0 Å². The summed E-state index contributed by atoms with van der Waals surface area (Å²) in [5.74, 6) is 0.103. The van der Waals surface area contributed by atoms with E-state index in [2.05, 4.69) is 10.5 Å². The SMILES string of the molecule is O=[N+]([O-])c1cc(C(F)(F)F)ccc1NN=CC1CCOC1. The maximum atomic E-state index is 12.5. The molecule has 1 heterocycles. The van der Waals surface area contributed by atoms with E-state index in [4.69, 9.17) is 4.74 Å². The first kappa shape index (κ1) is 15.2. The zero-order valence-electron chi connectivity index (χ0n) is 10.8. The van der Waals surface area contributed by atoms with Crippen LogP contribution < -0.4 is 5.43 Å². The van der Waals surface area contributed by atoms with Gasteiger partial charge in [-0.2, -0.15) is 18.3 Å². The molecule has 0 saturated carbocycles. The molecule has 1 aromatic carbocycles. The predicted octanol–water partition coefficient (Wildman–Crippen LogP) is 3.05. The monoisotopic (exact) mass is 303 g/mol. The molecule has 1 saturated heterocycles. The van der Waals surface area contributed by atoms with Gasteiger partial charge in [0.25, 0.3) is 5.69 Å². The second-order valence-corrected chi connectivity index (χ2v) is 4.50. The number of rotatable bonds is 4. The third kappa shape index (κ3) is 3.91. The van der Waals surface area contributed by atoms with Crippen LogP contribution in [0.1, 0.15) is 12.0 Å². The fraction of sp³-hybridized carbons (Fsp3) is 0.417. The van der Waals surface area contributed by atoms with Gasteiger partial charge >= 0.3 is 6.18 Å². The molecule has 21 heavy (non-hydrogen) atoms. The lowest BCUT2D eigenvalue weighted by Gasteiger charge is -2.08. The number of alkyl halides is 3. The Balaban J connectivity index is 2.16. The summed E-state index contributed by atoms with van der Waals surface area (Å²) in [4.78, 5) is 9.96. The topological polar surface area (TPSA) is 76.8 Å². The van der Waals surface area contributed by atoms with Crippen LogP contribution in [0.3, 0.4) is 0 Å². The van der Waals surface area contributed by atoms with Crippen molar-refractivity contribution in [2.24, 2.45) is 11.0 Å². The van der Waals surface area contributed by atoms with Crippen LogP contribution in [-0.2, 0) is 10.9 Å². The molecule has 0 radical (unpaired) electrons. The van der Waals surface area contributed by atoms with Gasteiger partial charge in [0.1, 0.15) is 5.69 Å². The quantitative estimate of drug-likeness (QED) is 0.527. The van der Waals surface area contributed by atoms with E-state index >= 15 is 0 Å². The molecule has 0 aromatic heterocycles. The lowest BCUT2D eigenvalue weighted by atomic mass is 10.1. The molecule has 1 unspecified atom stereocenters. The van der Waals surface area contributed by atoms with E-state index in [1.54, 1.807) is 0 Å². The van der Waals surface area contributed by atoms with Crippen LogP contribution in [-0.4, -0.2) is 24.4 Å². The van der Waals surface area contributed by atoms with E-state index in [1.807, 2.05) is 0 Å². The summed E-state index contributed by atoms with van der Waals surface area (Å²) in [6.45, 7) is 1.14. The minimum atomic E-state index is -4.63. The van der Waals surface area contributed by atoms with E-state index in [1.165, 1.54) is 6.21 Å². The summed E-state index contributed by atoms with van der Waals surface area (Å²) in [5.41, 5.74) is 0.558. The van der Waals surface area contributed by atoms with E-state index in [0.717, 1.165) is 18.6 Å². The molecular weight excluding hydrogens is 291 g/mol. The van der Waals surface area contributed by atoms with Crippen molar-refractivity contribution in [2.45, 2.75) is 12.6 Å². The lowest BCUT2D eigenvalue weighted by molar-refractivity contribution is -0.384. The average Bonchev–Trinajstić information content (AvgIpc) is 2.90. The fourth-order valence-corrected chi connectivity index (χ4v) is 1.84. The van der Waals surface area contributed by atoms with Gasteiger partial charge in [-0.05, 0) is 18.6 Å². The molecule has 0 spiro atoms. The zero-order chi connectivity index (χ0) is 15.5. The van der Waals surface area contributed by atoms with Crippen LogP contribution in [0.15, 0.2) is 23.3 Å². The molecule has 1 atom stereocenters. The van der Waals surface area contributed by atoms with Crippen LogP contribution in [0, 0.1) is 16.0 Å². The van der Waals surface area contributed by atoms with E-state index in [0.29, 0.717) is 19.3 Å². The van der Waals surface area contributed by atoms with Crippen LogP contribution in [0.4, 0.5) is 24.5 Å². The first-order valence-corrected chi connectivity index (χ1v) is 6.10. The van der Waals surface area contributed by atoms with Crippen molar-refractivity contribution in [3.63, 3.8) is 0 Å². The summed E-state index contributed by atoms with van der Waals surface area (Å²) in [6, 6.07) is 2.24.